The quantitative estimate of drug-likeness (QED) is 0.743. The summed E-state index contributed by atoms with van der Waals surface area (Å²) in [7, 11) is 0. The molecule has 0 bridgehead atoms. The van der Waals surface area contributed by atoms with E-state index in [0.29, 0.717) is 11.3 Å². The van der Waals surface area contributed by atoms with Gasteiger partial charge in [-0.2, -0.15) is 10.2 Å². The minimum Gasteiger partial charge on any atom is -0.508 e. The van der Waals surface area contributed by atoms with Crippen molar-refractivity contribution >= 4 is 11.6 Å². The summed E-state index contributed by atoms with van der Waals surface area (Å²) in [6.07, 6.45) is 2.83. The summed E-state index contributed by atoms with van der Waals surface area (Å²) in [5, 5.41) is 18.9. The highest BCUT2D eigenvalue weighted by molar-refractivity contribution is 6.03. The van der Waals surface area contributed by atoms with E-state index in [2.05, 4.69) is 15.5 Å². The molecule has 2 N–H and O–H groups in total. The Hall–Kier alpha value is -2.43. The Labute approximate surface area is 91.8 Å². The first-order chi connectivity index (χ1) is 7.75. The lowest BCUT2D eigenvalue weighted by Gasteiger charge is -2.04. The number of benzene rings is 1. The lowest BCUT2D eigenvalue weighted by Crippen LogP contribution is -2.12. The zero-order valence-electron chi connectivity index (χ0n) is 8.29. The van der Waals surface area contributed by atoms with E-state index in [1.807, 2.05) is 0 Å². The van der Waals surface area contributed by atoms with Crippen LogP contribution in [0.25, 0.3) is 0 Å². The minimum absolute atomic E-state index is 0.156. The van der Waals surface area contributed by atoms with E-state index in [4.69, 9.17) is 5.11 Å². The molecule has 1 amide bonds. The second-order valence-corrected chi connectivity index (χ2v) is 3.13. The first-order valence-electron chi connectivity index (χ1n) is 4.63. The summed E-state index contributed by atoms with van der Waals surface area (Å²) in [4.78, 5) is 11.7. The van der Waals surface area contributed by atoms with Crippen molar-refractivity contribution in [2.24, 2.45) is 0 Å². The number of phenols is 1. The van der Waals surface area contributed by atoms with Gasteiger partial charge in [0.15, 0.2) is 0 Å². The number of carbonyl (C=O) groups is 1. The number of aromatic nitrogens is 2. The van der Waals surface area contributed by atoms with Gasteiger partial charge in [0.2, 0.25) is 0 Å². The van der Waals surface area contributed by atoms with Crippen LogP contribution in [0.1, 0.15) is 10.4 Å². The molecule has 0 aliphatic heterocycles. The molecule has 0 spiro atoms. The monoisotopic (exact) mass is 215 g/mol. The maximum absolute atomic E-state index is 11.7. The normalized spacial score (nSPS) is 9.75. The molecule has 0 aliphatic carbocycles. The molecule has 0 radical (unpaired) electrons. The molecular formula is C11H9N3O2. The Balaban J connectivity index is 2.11. The number of nitrogens with zero attached hydrogens (tertiary/aromatic N) is 2. The molecule has 1 aromatic heterocycles. The molecule has 5 heteroatoms. The van der Waals surface area contributed by atoms with Crippen molar-refractivity contribution in [2.75, 3.05) is 5.32 Å². The smallest absolute Gasteiger partial charge is 0.257 e. The van der Waals surface area contributed by atoms with Crippen molar-refractivity contribution in [3.8, 4) is 5.75 Å². The van der Waals surface area contributed by atoms with Gasteiger partial charge in [-0.15, -0.1) is 0 Å². The maximum atomic E-state index is 11.7. The van der Waals surface area contributed by atoms with Crippen molar-refractivity contribution in [1.82, 2.24) is 10.2 Å². The Bertz CT molecular complexity index is 482. The molecule has 1 heterocycles. The van der Waals surface area contributed by atoms with Crippen molar-refractivity contribution in [2.45, 2.75) is 0 Å². The average molecular weight is 215 g/mol. The molecule has 2 aromatic rings. The minimum atomic E-state index is -0.263. The van der Waals surface area contributed by atoms with Crippen LogP contribution in [0, 0.1) is 0 Å². The highest BCUT2D eigenvalue weighted by Crippen LogP contribution is 2.14. The zero-order chi connectivity index (χ0) is 11.4. The molecule has 0 saturated heterocycles. The number of hydrogen-bond donors (Lipinski definition) is 2. The lowest BCUT2D eigenvalue weighted by molar-refractivity contribution is 0.102. The molecule has 80 valence electrons. The third-order valence-electron chi connectivity index (χ3n) is 1.97. The van der Waals surface area contributed by atoms with Crippen LogP contribution in [0.5, 0.6) is 5.75 Å². The zero-order valence-corrected chi connectivity index (χ0v) is 8.29. The fourth-order valence-electron chi connectivity index (χ4n) is 1.17. The molecule has 5 nitrogen and oxygen atoms in total. The number of anilines is 1. The third kappa shape index (κ3) is 2.33. The van der Waals surface area contributed by atoms with Crippen molar-refractivity contribution < 1.29 is 9.90 Å². The molecule has 2 rings (SSSR count). The second kappa shape index (κ2) is 4.39. The van der Waals surface area contributed by atoms with Gasteiger partial charge in [0.25, 0.3) is 5.91 Å². The molecule has 0 fully saturated rings. The first kappa shape index (κ1) is 10.1. The molecular weight excluding hydrogens is 206 g/mol. The van der Waals surface area contributed by atoms with Crippen molar-refractivity contribution in [3.05, 3.63) is 48.3 Å². The van der Waals surface area contributed by atoms with E-state index in [-0.39, 0.29) is 11.7 Å². The number of hydrogen-bond acceptors (Lipinski definition) is 4. The SMILES string of the molecule is O=C(Nc1ccc(O)cc1)c1ccnnc1. The van der Waals surface area contributed by atoms with Gasteiger partial charge in [0.05, 0.1) is 18.0 Å². The van der Waals surface area contributed by atoms with Crippen LogP contribution in [-0.2, 0) is 0 Å². The summed E-state index contributed by atoms with van der Waals surface area (Å²) in [5.41, 5.74) is 1.04. The molecule has 1 aromatic carbocycles. The fraction of sp³-hybridized carbons (Fsp3) is 0. The number of aromatic hydroxyl groups is 1. The van der Waals surface area contributed by atoms with Gasteiger partial charge >= 0.3 is 0 Å². The summed E-state index contributed by atoms with van der Waals surface area (Å²) in [6, 6.07) is 7.80. The van der Waals surface area contributed by atoms with Crippen LogP contribution in [0.4, 0.5) is 5.69 Å². The second-order valence-electron chi connectivity index (χ2n) is 3.13. The molecule has 16 heavy (non-hydrogen) atoms. The van der Waals surface area contributed by atoms with Crippen LogP contribution in [-0.4, -0.2) is 21.2 Å². The number of rotatable bonds is 2. The van der Waals surface area contributed by atoms with Gasteiger partial charge in [0.1, 0.15) is 5.75 Å². The number of amides is 1. The molecule has 0 saturated carbocycles. The number of nitrogens with one attached hydrogen (secondary N) is 1. The van der Waals surface area contributed by atoms with Crippen molar-refractivity contribution in [1.29, 1.82) is 0 Å². The van der Waals surface area contributed by atoms with E-state index in [0.717, 1.165) is 0 Å². The predicted molar refractivity (Wildman–Crippen MR) is 58.1 cm³/mol. The molecule has 0 unspecified atom stereocenters. The van der Waals surface area contributed by atoms with Gasteiger partial charge < -0.3 is 10.4 Å². The van der Waals surface area contributed by atoms with E-state index in [1.165, 1.54) is 24.5 Å². The number of carbonyl (C=O) groups excluding carboxylic acids is 1. The number of phenolic OH excluding ortho intramolecular Hbond substituents is 1. The van der Waals surface area contributed by atoms with Crippen LogP contribution in [0.2, 0.25) is 0 Å². The Kier molecular flexibility index (Phi) is 2.77. The standard InChI is InChI=1S/C11H9N3O2/c15-10-3-1-9(2-4-10)14-11(16)8-5-6-12-13-7-8/h1-7,15H,(H,14,16). The highest BCUT2D eigenvalue weighted by Gasteiger charge is 2.05. The first-order valence-corrected chi connectivity index (χ1v) is 4.63. The average Bonchev–Trinajstić information content (AvgIpc) is 2.33. The van der Waals surface area contributed by atoms with E-state index in [9.17, 15) is 4.79 Å². The third-order valence-corrected chi connectivity index (χ3v) is 1.97. The summed E-state index contributed by atoms with van der Waals surface area (Å²) >= 11 is 0. The van der Waals surface area contributed by atoms with Crippen LogP contribution >= 0.6 is 0 Å². The van der Waals surface area contributed by atoms with E-state index < -0.39 is 0 Å². The summed E-state index contributed by atoms with van der Waals surface area (Å²) in [5.74, 6) is -0.107. The van der Waals surface area contributed by atoms with Gasteiger partial charge in [-0.3, -0.25) is 4.79 Å². The fourth-order valence-corrected chi connectivity index (χ4v) is 1.17. The van der Waals surface area contributed by atoms with Crippen molar-refractivity contribution in [3.63, 3.8) is 0 Å². The summed E-state index contributed by atoms with van der Waals surface area (Å²) < 4.78 is 0. The lowest BCUT2D eigenvalue weighted by atomic mass is 10.2. The van der Waals surface area contributed by atoms with Gasteiger partial charge in [-0.05, 0) is 30.3 Å². The van der Waals surface area contributed by atoms with Gasteiger partial charge in [-0.25, -0.2) is 0 Å². The van der Waals surface area contributed by atoms with Crippen LogP contribution in [0.3, 0.4) is 0 Å². The van der Waals surface area contributed by atoms with Crippen LogP contribution in [0.15, 0.2) is 42.7 Å². The summed E-state index contributed by atoms with van der Waals surface area (Å²) in [6.45, 7) is 0. The van der Waals surface area contributed by atoms with E-state index >= 15 is 0 Å². The Morgan fingerprint density at radius 2 is 1.88 bits per heavy atom. The van der Waals surface area contributed by atoms with Crippen LogP contribution < -0.4 is 5.32 Å². The highest BCUT2D eigenvalue weighted by atomic mass is 16.3. The molecule has 0 atom stereocenters. The van der Waals surface area contributed by atoms with Gasteiger partial charge in [0, 0.05) is 5.69 Å². The largest absolute Gasteiger partial charge is 0.508 e. The molecule has 0 aliphatic rings. The predicted octanol–water partition coefficient (Wildman–Crippen LogP) is 1.43. The Morgan fingerprint density at radius 1 is 1.12 bits per heavy atom. The maximum Gasteiger partial charge on any atom is 0.257 e. The van der Waals surface area contributed by atoms with Gasteiger partial charge in [-0.1, -0.05) is 0 Å². The topological polar surface area (TPSA) is 75.1 Å². The Morgan fingerprint density at radius 3 is 2.50 bits per heavy atom. The van der Waals surface area contributed by atoms with E-state index in [1.54, 1.807) is 18.2 Å².